The van der Waals surface area contributed by atoms with Crippen molar-refractivity contribution in [2.75, 3.05) is 13.2 Å². The van der Waals surface area contributed by atoms with E-state index < -0.39 is 23.6 Å². The molecular formula is C18H18F2N2O3. The Balaban J connectivity index is 1.99. The molecule has 2 atom stereocenters. The van der Waals surface area contributed by atoms with E-state index in [1.165, 1.54) is 6.92 Å². The summed E-state index contributed by atoms with van der Waals surface area (Å²) in [4.78, 5) is 15.3. The van der Waals surface area contributed by atoms with Crippen molar-refractivity contribution in [3.63, 3.8) is 0 Å². The lowest BCUT2D eigenvalue weighted by atomic mass is 9.97. The molecule has 1 aliphatic heterocycles. The first kappa shape index (κ1) is 18.6. The molecule has 0 N–H and O–H groups in total. The number of hydrogen-bond acceptors (Lipinski definition) is 5. The van der Waals surface area contributed by atoms with Gasteiger partial charge in [0.25, 0.3) is 0 Å². The van der Waals surface area contributed by atoms with Crippen molar-refractivity contribution in [3.05, 3.63) is 42.0 Å². The van der Waals surface area contributed by atoms with Gasteiger partial charge >= 0.3 is 11.9 Å². The number of rotatable bonds is 6. The van der Waals surface area contributed by atoms with Gasteiger partial charge < -0.3 is 9.47 Å². The van der Waals surface area contributed by atoms with Crippen LogP contribution in [0.1, 0.15) is 19.4 Å². The van der Waals surface area contributed by atoms with Gasteiger partial charge in [0.2, 0.25) is 0 Å². The molecule has 1 heterocycles. The number of hydrogen-bond donors (Lipinski definition) is 0. The predicted octanol–water partition coefficient (Wildman–Crippen LogP) is 3.15. The average molecular weight is 348 g/mol. The molecule has 0 bridgehead atoms. The molecule has 0 fully saturated rings. The van der Waals surface area contributed by atoms with E-state index >= 15 is 0 Å². The highest BCUT2D eigenvalue weighted by atomic mass is 19.3. The molecule has 7 heteroatoms. The molecule has 0 saturated carbocycles. The maximum atomic E-state index is 14.0. The number of benzene rings is 1. The van der Waals surface area contributed by atoms with Gasteiger partial charge in [0.1, 0.15) is 11.5 Å². The summed E-state index contributed by atoms with van der Waals surface area (Å²) in [6.07, 6.45) is 2.70. The van der Waals surface area contributed by atoms with Crippen molar-refractivity contribution in [3.8, 4) is 11.8 Å². The van der Waals surface area contributed by atoms with Gasteiger partial charge in [-0.25, -0.2) is 4.79 Å². The van der Waals surface area contributed by atoms with Crippen molar-refractivity contribution in [2.45, 2.75) is 25.8 Å². The molecule has 1 aromatic carbocycles. The van der Waals surface area contributed by atoms with Crippen molar-refractivity contribution in [1.82, 2.24) is 0 Å². The number of aliphatic imine (C=N–C) groups is 1. The summed E-state index contributed by atoms with van der Waals surface area (Å²) in [5.41, 5.74) is -0.0817. The molecule has 2 unspecified atom stereocenters. The summed E-state index contributed by atoms with van der Waals surface area (Å²) >= 11 is 0. The molecule has 5 nitrogen and oxygen atoms in total. The number of dihydropyridines is 1. The van der Waals surface area contributed by atoms with Gasteiger partial charge in [0.05, 0.1) is 30.9 Å². The number of carbonyl (C=O) groups excluding carboxylic acids is 1. The van der Waals surface area contributed by atoms with Crippen LogP contribution >= 0.6 is 0 Å². The highest BCUT2D eigenvalue weighted by molar-refractivity contribution is 6.14. The van der Waals surface area contributed by atoms with Gasteiger partial charge in [-0.2, -0.15) is 14.0 Å². The Morgan fingerprint density at radius 3 is 2.60 bits per heavy atom. The Bertz CT molecular complexity index is 721. The Morgan fingerprint density at radius 1 is 1.36 bits per heavy atom. The van der Waals surface area contributed by atoms with Crippen LogP contribution in [0.5, 0.6) is 5.75 Å². The number of alkyl halides is 2. The lowest BCUT2D eigenvalue weighted by molar-refractivity contribution is -0.162. The standard InChI is InChI=1S/C18H18F2N2O3/c1-3-24-17(23)18(19,20)16-9-6-14(12(2)22-16)11-25-15-7-4-13(10-21)5-8-15/h4-9,12,14H,3,11H2,1-2H3. The van der Waals surface area contributed by atoms with Gasteiger partial charge in [-0.15, -0.1) is 0 Å². The Labute approximate surface area is 144 Å². The number of carbonyl (C=O) groups is 1. The minimum Gasteiger partial charge on any atom is -0.493 e. The second kappa shape index (κ2) is 7.88. The van der Waals surface area contributed by atoms with E-state index in [2.05, 4.69) is 9.73 Å². The normalized spacial score (nSPS) is 19.7. The molecule has 2 rings (SSSR count). The fraction of sp³-hybridized carbons (Fsp3) is 0.389. The van der Waals surface area contributed by atoms with E-state index in [0.29, 0.717) is 11.3 Å². The van der Waals surface area contributed by atoms with Gasteiger partial charge in [0, 0.05) is 5.92 Å². The van der Waals surface area contributed by atoms with Crippen molar-refractivity contribution < 1.29 is 23.0 Å². The molecule has 0 spiro atoms. The predicted molar refractivity (Wildman–Crippen MR) is 87.8 cm³/mol. The number of ether oxygens (including phenoxy) is 2. The van der Waals surface area contributed by atoms with E-state index in [4.69, 9.17) is 10.00 Å². The van der Waals surface area contributed by atoms with Crippen LogP contribution in [-0.4, -0.2) is 36.9 Å². The van der Waals surface area contributed by atoms with Crippen molar-refractivity contribution in [2.24, 2.45) is 10.9 Å². The smallest absolute Gasteiger partial charge is 0.383 e. The SMILES string of the molecule is CCOC(=O)C(F)(F)C1=NC(C)C(COc2ccc(C#N)cc2)C=C1. The lowest BCUT2D eigenvalue weighted by Crippen LogP contribution is -2.41. The topological polar surface area (TPSA) is 71.7 Å². The highest BCUT2D eigenvalue weighted by Gasteiger charge is 2.46. The molecule has 0 saturated heterocycles. The fourth-order valence-electron chi connectivity index (χ4n) is 2.26. The molecule has 25 heavy (non-hydrogen) atoms. The first-order valence-corrected chi connectivity index (χ1v) is 7.83. The number of nitrogens with zero attached hydrogens (tertiary/aromatic N) is 2. The molecular weight excluding hydrogens is 330 g/mol. The van der Waals surface area contributed by atoms with Crippen LogP contribution in [0, 0.1) is 17.2 Å². The molecule has 1 aliphatic rings. The second-order valence-electron chi connectivity index (χ2n) is 5.52. The maximum absolute atomic E-state index is 14.0. The lowest BCUT2D eigenvalue weighted by Gasteiger charge is -2.25. The Hall–Kier alpha value is -2.75. The average Bonchev–Trinajstić information content (AvgIpc) is 2.61. The quantitative estimate of drug-likeness (QED) is 0.741. The van der Waals surface area contributed by atoms with Crippen LogP contribution in [0.15, 0.2) is 41.4 Å². The molecule has 0 amide bonds. The fourth-order valence-corrected chi connectivity index (χ4v) is 2.26. The van der Waals surface area contributed by atoms with Crippen LogP contribution in [0.3, 0.4) is 0 Å². The highest BCUT2D eigenvalue weighted by Crippen LogP contribution is 2.26. The molecule has 1 aromatic rings. The van der Waals surface area contributed by atoms with Crippen LogP contribution in [0.25, 0.3) is 0 Å². The van der Waals surface area contributed by atoms with Crippen LogP contribution in [-0.2, 0) is 9.53 Å². The van der Waals surface area contributed by atoms with E-state index in [1.54, 1.807) is 37.3 Å². The Morgan fingerprint density at radius 2 is 2.04 bits per heavy atom. The van der Waals surface area contributed by atoms with Crippen molar-refractivity contribution in [1.29, 1.82) is 5.26 Å². The molecule has 132 valence electrons. The first-order valence-electron chi connectivity index (χ1n) is 7.83. The van der Waals surface area contributed by atoms with Crippen LogP contribution in [0.4, 0.5) is 8.78 Å². The maximum Gasteiger partial charge on any atom is 0.383 e. The minimum absolute atomic E-state index is 0.123. The first-order chi connectivity index (χ1) is 11.9. The largest absolute Gasteiger partial charge is 0.493 e. The molecule has 0 aliphatic carbocycles. The van der Waals surface area contributed by atoms with Crippen LogP contribution < -0.4 is 4.74 Å². The Kier molecular flexibility index (Phi) is 5.86. The summed E-state index contributed by atoms with van der Waals surface area (Å²) in [6.45, 7) is 3.26. The van der Waals surface area contributed by atoms with E-state index in [0.717, 1.165) is 6.08 Å². The number of esters is 1. The summed E-state index contributed by atoms with van der Waals surface area (Å²) in [6, 6.07) is 8.13. The van der Waals surface area contributed by atoms with E-state index in [9.17, 15) is 13.6 Å². The van der Waals surface area contributed by atoms with Gasteiger partial charge in [-0.3, -0.25) is 4.99 Å². The van der Waals surface area contributed by atoms with Gasteiger partial charge in [-0.1, -0.05) is 6.08 Å². The summed E-state index contributed by atoms with van der Waals surface area (Å²) in [5, 5.41) is 8.75. The van der Waals surface area contributed by atoms with E-state index in [1.807, 2.05) is 6.07 Å². The van der Waals surface area contributed by atoms with Gasteiger partial charge in [0.15, 0.2) is 0 Å². The zero-order valence-electron chi connectivity index (χ0n) is 13.9. The van der Waals surface area contributed by atoms with E-state index in [-0.39, 0.29) is 19.1 Å². The monoisotopic (exact) mass is 348 g/mol. The molecule has 0 radical (unpaired) electrons. The third-order valence-corrected chi connectivity index (χ3v) is 3.74. The summed E-state index contributed by atoms with van der Waals surface area (Å²) in [5.74, 6) is -5.00. The zero-order valence-corrected chi connectivity index (χ0v) is 13.9. The third-order valence-electron chi connectivity index (χ3n) is 3.74. The number of allylic oxidation sites excluding steroid dienone is 1. The number of nitriles is 1. The minimum atomic E-state index is -3.76. The second-order valence-corrected chi connectivity index (χ2v) is 5.52. The van der Waals surface area contributed by atoms with Crippen molar-refractivity contribution >= 4 is 11.7 Å². The third kappa shape index (κ3) is 4.41. The zero-order chi connectivity index (χ0) is 18.4. The summed E-state index contributed by atoms with van der Waals surface area (Å²) in [7, 11) is 0. The van der Waals surface area contributed by atoms with Gasteiger partial charge in [-0.05, 0) is 44.2 Å². The molecule has 0 aromatic heterocycles. The van der Waals surface area contributed by atoms with Crippen LogP contribution in [0.2, 0.25) is 0 Å². The summed E-state index contributed by atoms with van der Waals surface area (Å²) < 4.78 is 38.0. The number of halogens is 2.